The number of benzene rings is 1. The van der Waals surface area contributed by atoms with Gasteiger partial charge in [-0.3, -0.25) is 0 Å². The minimum absolute atomic E-state index is 0.0857. The summed E-state index contributed by atoms with van der Waals surface area (Å²) in [5.41, 5.74) is 1.16. The lowest BCUT2D eigenvalue weighted by Crippen LogP contribution is -2.48. The molecular weight excluding hydrogens is 202 g/mol. The molecule has 0 saturated carbocycles. The van der Waals surface area contributed by atoms with Crippen LogP contribution >= 0.6 is 0 Å². The molecule has 2 rings (SSSR count). The van der Waals surface area contributed by atoms with Crippen molar-refractivity contribution >= 4 is 0 Å². The summed E-state index contributed by atoms with van der Waals surface area (Å²) in [7, 11) is 0. The number of phenols is 1. The van der Waals surface area contributed by atoms with Crippen LogP contribution in [-0.4, -0.2) is 23.3 Å². The first-order valence-corrected chi connectivity index (χ1v) is 5.66. The van der Waals surface area contributed by atoms with Gasteiger partial charge in [0.25, 0.3) is 0 Å². The second-order valence-electron chi connectivity index (χ2n) is 5.40. The van der Waals surface area contributed by atoms with E-state index in [1.165, 1.54) is 0 Å². The number of hydrogen-bond acceptors (Lipinski definition) is 3. The van der Waals surface area contributed by atoms with Gasteiger partial charge in [-0.2, -0.15) is 0 Å². The van der Waals surface area contributed by atoms with Crippen LogP contribution in [0.4, 0.5) is 0 Å². The van der Waals surface area contributed by atoms with Gasteiger partial charge in [-0.25, -0.2) is 0 Å². The van der Waals surface area contributed by atoms with Crippen LogP contribution in [0.15, 0.2) is 18.2 Å². The van der Waals surface area contributed by atoms with E-state index in [4.69, 9.17) is 4.74 Å². The molecule has 0 bridgehead atoms. The largest absolute Gasteiger partial charge is 0.508 e. The maximum absolute atomic E-state index is 9.43. The zero-order chi connectivity index (χ0) is 11.8. The number of ether oxygens (including phenoxy) is 1. The Kier molecular flexibility index (Phi) is 2.80. The predicted octanol–water partition coefficient (Wildman–Crippen LogP) is 2.08. The molecule has 3 heteroatoms. The van der Waals surface area contributed by atoms with Crippen molar-refractivity contribution in [3.63, 3.8) is 0 Å². The van der Waals surface area contributed by atoms with Crippen LogP contribution in [0.3, 0.4) is 0 Å². The molecule has 0 saturated heterocycles. The molecule has 0 fully saturated rings. The average Bonchev–Trinajstić information content (AvgIpc) is 2.14. The third-order valence-electron chi connectivity index (χ3n) is 2.59. The van der Waals surface area contributed by atoms with E-state index in [-0.39, 0.29) is 5.54 Å². The van der Waals surface area contributed by atoms with Crippen LogP contribution < -0.4 is 10.1 Å². The second-order valence-corrected chi connectivity index (χ2v) is 5.40. The third-order valence-corrected chi connectivity index (χ3v) is 2.59. The Morgan fingerprint density at radius 1 is 1.38 bits per heavy atom. The molecule has 0 aromatic heterocycles. The molecule has 0 radical (unpaired) electrons. The highest BCUT2D eigenvalue weighted by atomic mass is 16.5. The third kappa shape index (κ3) is 2.67. The lowest BCUT2D eigenvalue weighted by Gasteiger charge is -2.32. The molecule has 0 amide bonds. The highest BCUT2D eigenvalue weighted by Crippen LogP contribution is 2.28. The minimum atomic E-state index is 0.0857. The van der Waals surface area contributed by atoms with Crippen molar-refractivity contribution in [3.8, 4) is 11.5 Å². The lowest BCUT2D eigenvalue weighted by molar-refractivity contribution is 0.211. The first-order chi connectivity index (χ1) is 7.44. The van der Waals surface area contributed by atoms with Gasteiger partial charge >= 0.3 is 0 Å². The number of rotatable bonds is 1. The van der Waals surface area contributed by atoms with Gasteiger partial charge in [0.15, 0.2) is 0 Å². The van der Waals surface area contributed by atoms with Crippen LogP contribution in [0, 0.1) is 0 Å². The van der Waals surface area contributed by atoms with E-state index in [0.29, 0.717) is 18.4 Å². The summed E-state index contributed by atoms with van der Waals surface area (Å²) in [6.07, 6.45) is 0.904. The van der Waals surface area contributed by atoms with E-state index >= 15 is 0 Å². The summed E-state index contributed by atoms with van der Waals surface area (Å²) >= 11 is 0. The van der Waals surface area contributed by atoms with Crippen molar-refractivity contribution in [1.82, 2.24) is 5.32 Å². The van der Waals surface area contributed by atoms with Crippen LogP contribution in [0.2, 0.25) is 0 Å². The van der Waals surface area contributed by atoms with Crippen LogP contribution in [0.1, 0.15) is 26.3 Å². The molecule has 1 unspecified atom stereocenters. The van der Waals surface area contributed by atoms with Crippen LogP contribution in [0.25, 0.3) is 0 Å². The average molecular weight is 221 g/mol. The van der Waals surface area contributed by atoms with Crippen LogP contribution in [-0.2, 0) is 6.42 Å². The van der Waals surface area contributed by atoms with Gasteiger partial charge in [0.05, 0.1) is 0 Å². The molecule has 0 aliphatic carbocycles. The van der Waals surface area contributed by atoms with Gasteiger partial charge in [0.1, 0.15) is 18.1 Å². The van der Waals surface area contributed by atoms with E-state index in [2.05, 4.69) is 26.1 Å². The molecule has 1 aromatic rings. The zero-order valence-electron chi connectivity index (χ0n) is 10.1. The molecule has 2 N–H and O–H groups in total. The summed E-state index contributed by atoms with van der Waals surface area (Å²) in [6, 6.07) is 5.59. The van der Waals surface area contributed by atoms with Crippen molar-refractivity contribution in [1.29, 1.82) is 0 Å². The smallest absolute Gasteiger partial charge is 0.122 e. The molecule has 0 spiro atoms. The highest BCUT2D eigenvalue weighted by molar-refractivity contribution is 5.41. The summed E-state index contributed by atoms with van der Waals surface area (Å²) in [6.45, 7) is 7.12. The van der Waals surface area contributed by atoms with E-state index in [0.717, 1.165) is 17.7 Å². The summed E-state index contributed by atoms with van der Waals surface area (Å²) < 4.78 is 5.66. The molecule has 1 aliphatic rings. The Morgan fingerprint density at radius 2 is 2.12 bits per heavy atom. The molecule has 88 valence electrons. The van der Waals surface area contributed by atoms with Crippen molar-refractivity contribution in [3.05, 3.63) is 23.8 Å². The fourth-order valence-corrected chi connectivity index (χ4v) is 2.09. The minimum Gasteiger partial charge on any atom is -0.508 e. The van der Waals surface area contributed by atoms with Gasteiger partial charge < -0.3 is 15.2 Å². The number of aromatic hydroxyl groups is 1. The highest BCUT2D eigenvalue weighted by Gasteiger charge is 2.23. The molecule has 1 aromatic carbocycles. The Labute approximate surface area is 96.4 Å². The standard InChI is InChI=1S/C13H19NO2/c1-13(2,3)14-10-6-9-7-11(15)4-5-12(9)16-8-10/h4-5,7,10,14-15H,6,8H2,1-3H3. The van der Waals surface area contributed by atoms with E-state index in [1.807, 2.05) is 6.07 Å². The van der Waals surface area contributed by atoms with Gasteiger partial charge in [-0.15, -0.1) is 0 Å². The molecular formula is C13H19NO2. The summed E-state index contributed by atoms with van der Waals surface area (Å²) in [5, 5.41) is 12.9. The summed E-state index contributed by atoms with van der Waals surface area (Å²) in [4.78, 5) is 0. The lowest BCUT2D eigenvalue weighted by atomic mass is 9.99. The van der Waals surface area contributed by atoms with Gasteiger partial charge in [-0.1, -0.05) is 0 Å². The molecule has 1 aliphatic heterocycles. The Bertz CT molecular complexity index is 382. The number of fused-ring (bicyclic) bond motifs is 1. The van der Waals surface area contributed by atoms with Crippen molar-refractivity contribution in [2.24, 2.45) is 0 Å². The van der Waals surface area contributed by atoms with Crippen molar-refractivity contribution < 1.29 is 9.84 Å². The SMILES string of the molecule is CC(C)(C)NC1COc2ccc(O)cc2C1. The van der Waals surface area contributed by atoms with Crippen molar-refractivity contribution in [2.45, 2.75) is 38.8 Å². The Morgan fingerprint density at radius 3 is 2.81 bits per heavy atom. The van der Waals surface area contributed by atoms with E-state index < -0.39 is 0 Å². The maximum Gasteiger partial charge on any atom is 0.122 e. The first kappa shape index (κ1) is 11.3. The fraction of sp³-hybridized carbons (Fsp3) is 0.538. The normalized spacial score (nSPS) is 20.1. The van der Waals surface area contributed by atoms with Gasteiger partial charge in [0.2, 0.25) is 0 Å². The number of hydrogen-bond donors (Lipinski definition) is 2. The van der Waals surface area contributed by atoms with Crippen molar-refractivity contribution in [2.75, 3.05) is 6.61 Å². The fourth-order valence-electron chi connectivity index (χ4n) is 2.09. The quantitative estimate of drug-likeness (QED) is 0.763. The maximum atomic E-state index is 9.43. The molecule has 1 heterocycles. The van der Waals surface area contributed by atoms with E-state index in [1.54, 1.807) is 12.1 Å². The predicted molar refractivity (Wildman–Crippen MR) is 64.0 cm³/mol. The van der Waals surface area contributed by atoms with Gasteiger partial charge in [-0.05, 0) is 51.0 Å². The van der Waals surface area contributed by atoms with E-state index in [9.17, 15) is 5.11 Å². The first-order valence-electron chi connectivity index (χ1n) is 5.66. The monoisotopic (exact) mass is 221 g/mol. The van der Waals surface area contributed by atoms with Crippen LogP contribution in [0.5, 0.6) is 11.5 Å². The topological polar surface area (TPSA) is 41.5 Å². The molecule has 3 nitrogen and oxygen atoms in total. The Balaban J connectivity index is 2.11. The molecule has 16 heavy (non-hydrogen) atoms. The zero-order valence-corrected chi connectivity index (χ0v) is 10.1. The number of nitrogens with one attached hydrogen (secondary N) is 1. The van der Waals surface area contributed by atoms with Gasteiger partial charge in [0, 0.05) is 11.6 Å². The summed E-state index contributed by atoms with van der Waals surface area (Å²) in [5.74, 6) is 1.20. The Hall–Kier alpha value is -1.22. The molecule has 1 atom stereocenters. The number of phenolic OH excluding ortho intramolecular Hbond substituents is 1. The second kappa shape index (κ2) is 3.98.